The minimum absolute atomic E-state index is 0.0657. The maximum absolute atomic E-state index is 11.6. The van der Waals surface area contributed by atoms with Crippen LogP contribution in [0.2, 0.25) is 0 Å². The van der Waals surface area contributed by atoms with Crippen LogP contribution in [0.1, 0.15) is 112 Å². The summed E-state index contributed by atoms with van der Waals surface area (Å²) in [6, 6.07) is 15.9. The van der Waals surface area contributed by atoms with Crippen molar-refractivity contribution in [2.24, 2.45) is 30.0 Å². The summed E-state index contributed by atoms with van der Waals surface area (Å²) in [5.41, 5.74) is 4.00. The quantitative estimate of drug-likeness (QED) is 0.0648. The molecule has 4 aromatic rings. The summed E-state index contributed by atoms with van der Waals surface area (Å²) < 4.78 is 0. The van der Waals surface area contributed by atoms with E-state index in [1.54, 1.807) is 18.2 Å². The van der Waals surface area contributed by atoms with Gasteiger partial charge < -0.3 is 30.6 Å². The van der Waals surface area contributed by atoms with E-state index in [1.165, 1.54) is 18.6 Å². The molecule has 0 saturated heterocycles. The number of rotatable bonds is 15. The van der Waals surface area contributed by atoms with Crippen LogP contribution in [0.3, 0.4) is 0 Å². The fraction of sp³-hybridized carbons (Fsp3) is 0.375. The van der Waals surface area contributed by atoms with Gasteiger partial charge in [0.2, 0.25) is 0 Å². The van der Waals surface area contributed by atoms with Crippen molar-refractivity contribution in [3.8, 4) is 34.5 Å². The van der Waals surface area contributed by atoms with Gasteiger partial charge >= 0.3 is 0 Å². The van der Waals surface area contributed by atoms with Gasteiger partial charge in [0.05, 0.1) is 52.9 Å². The first-order valence-electron chi connectivity index (χ1n) is 19.8. The molecule has 0 aliphatic rings. The second kappa shape index (κ2) is 18.7. The Kier molecular flexibility index (Phi) is 14.5. The average Bonchev–Trinajstić information content (AvgIpc) is 3.17. The number of hydrogen-bond donors (Lipinski definition) is 6. The molecule has 0 fully saturated rings. The van der Waals surface area contributed by atoms with Gasteiger partial charge in [0.15, 0.2) is 0 Å². The first-order valence-corrected chi connectivity index (χ1v) is 19.8. The van der Waals surface area contributed by atoms with Gasteiger partial charge in [-0.15, -0.1) is 0 Å². The third-order valence-electron chi connectivity index (χ3n) is 9.90. The van der Waals surface area contributed by atoms with E-state index in [0.717, 1.165) is 16.7 Å². The van der Waals surface area contributed by atoms with Gasteiger partial charge in [-0.3, -0.25) is 30.0 Å². The molecule has 0 atom stereocenters. The zero-order valence-electron chi connectivity index (χ0n) is 36.9. The third-order valence-corrected chi connectivity index (χ3v) is 9.90. The van der Waals surface area contributed by atoms with E-state index in [9.17, 15) is 30.6 Å². The van der Waals surface area contributed by atoms with E-state index in [-0.39, 0.29) is 53.6 Å². The average molecular weight is 817 g/mol. The van der Waals surface area contributed by atoms with Gasteiger partial charge in [-0.2, -0.15) is 0 Å². The second-order valence-corrected chi connectivity index (χ2v) is 17.3. The molecule has 0 aliphatic carbocycles. The summed E-state index contributed by atoms with van der Waals surface area (Å²) in [7, 11) is 0. The molecular weight excluding hydrogens is 757 g/mol. The summed E-state index contributed by atoms with van der Waals surface area (Å²) in [5.74, 6) is -0.988. The van der Waals surface area contributed by atoms with Crippen LogP contribution in [0.25, 0.3) is 0 Å². The van der Waals surface area contributed by atoms with Gasteiger partial charge in [-0.25, -0.2) is 0 Å². The summed E-state index contributed by atoms with van der Waals surface area (Å²) in [6.45, 7) is 23.0. The van der Waals surface area contributed by atoms with Crippen molar-refractivity contribution in [1.29, 1.82) is 0 Å². The number of aryl methyl sites for hydroxylation is 3. The van der Waals surface area contributed by atoms with E-state index >= 15 is 0 Å². The van der Waals surface area contributed by atoms with Gasteiger partial charge in [0, 0.05) is 52.5 Å². The van der Waals surface area contributed by atoms with Crippen molar-refractivity contribution >= 4 is 35.8 Å². The zero-order chi connectivity index (χ0) is 44.7. The second-order valence-electron chi connectivity index (χ2n) is 17.3. The number of aliphatic imine (C=N–C) groups is 6. The Labute approximate surface area is 353 Å². The Morgan fingerprint density at radius 1 is 0.433 bits per heavy atom. The van der Waals surface area contributed by atoms with Crippen LogP contribution in [0, 0.1) is 20.8 Å². The fourth-order valence-corrected chi connectivity index (χ4v) is 5.99. The predicted octanol–water partition coefficient (Wildman–Crippen LogP) is 8.97. The summed E-state index contributed by atoms with van der Waals surface area (Å²) in [6.07, 6.45) is 4.02. The summed E-state index contributed by atoms with van der Waals surface area (Å²) in [5, 5.41) is 66.2. The van der Waals surface area contributed by atoms with Crippen molar-refractivity contribution in [2.45, 2.75) is 99.7 Å². The van der Waals surface area contributed by atoms with Crippen molar-refractivity contribution in [1.82, 2.24) is 0 Å². The van der Waals surface area contributed by atoms with Crippen LogP contribution in [0.15, 0.2) is 84.6 Å². The lowest BCUT2D eigenvalue weighted by atomic mass is 9.99. The molecule has 60 heavy (non-hydrogen) atoms. The molecule has 0 bridgehead atoms. The van der Waals surface area contributed by atoms with E-state index in [2.05, 4.69) is 0 Å². The van der Waals surface area contributed by atoms with Crippen LogP contribution < -0.4 is 0 Å². The van der Waals surface area contributed by atoms with Crippen molar-refractivity contribution in [3.05, 3.63) is 105 Å². The Bertz CT molecular complexity index is 2130. The summed E-state index contributed by atoms with van der Waals surface area (Å²) in [4.78, 5) is 28.2. The number of benzene rings is 4. The molecule has 0 radical (unpaired) electrons. The lowest BCUT2D eigenvalue weighted by molar-refractivity contribution is 0.424. The molecule has 12 nitrogen and oxygen atoms in total. The highest BCUT2D eigenvalue weighted by molar-refractivity contribution is 6.04. The molecule has 0 aliphatic heterocycles. The molecular formula is C48H60N6O6. The number of phenolic OH excluding ortho intramolecular Hbond substituents is 6. The van der Waals surface area contributed by atoms with Crippen molar-refractivity contribution < 1.29 is 30.6 Å². The van der Waals surface area contributed by atoms with E-state index in [0.29, 0.717) is 33.8 Å². The molecule has 0 heterocycles. The lowest BCUT2D eigenvalue weighted by Crippen LogP contribution is -2.23. The van der Waals surface area contributed by atoms with E-state index in [4.69, 9.17) is 30.0 Å². The first kappa shape index (κ1) is 46.4. The number of hydrogen-bond acceptors (Lipinski definition) is 12. The molecule has 0 aromatic heterocycles. The Morgan fingerprint density at radius 3 is 0.900 bits per heavy atom. The normalized spacial score (nSPS) is 13.7. The standard InChI is InChI=1S/C48H60N6O6/c1-28-13-16-40(55)34(19-28)31(4)49-25-46(7,8)52-22-37-43(58)38(23-53-47(9,10)26-50-32(5)35-20-29(2)14-17-41(35)56)45(60)39(44(37)59)24-54-48(11,12)27-51-33(6)36-21-30(3)15-18-42(36)57/h13-24,55-60H,25-27H2,1-12H3. The Balaban J connectivity index is 1.74. The molecule has 0 unspecified atom stereocenters. The molecule has 0 spiro atoms. The highest BCUT2D eigenvalue weighted by atomic mass is 16.3. The zero-order valence-corrected chi connectivity index (χ0v) is 36.9. The molecule has 6 N–H and O–H groups in total. The third kappa shape index (κ3) is 12.1. The monoisotopic (exact) mass is 816 g/mol. The Hall–Kier alpha value is -6.30. The van der Waals surface area contributed by atoms with Crippen LogP contribution >= 0.6 is 0 Å². The molecule has 318 valence electrons. The summed E-state index contributed by atoms with van der Waals surface area (Å²) >= 11 is 0. The fourth-order valence-electron chi connectivity index (χ4n) is 5.99. The van der Waals surface area contributed by atoms with Crippen molar-refractivity contribution in [3.63, 3.8) is 0 Å². The van der Waals surface area contributed by atoms with Crippen LogP contribution in [0.4, 0.5) is 0 Å². The first-order chi connectivity index (χ1) is 27.9. The number of nitrogens with zero attached hydrogens (tertiary/aromatic N) is 6. The lowest BCUT2D eigenvalue weighted by Gasteiger charge is -2.20. The van der Waals surface area contributed by atoms with Crippen LogP contribution in [0.5, 0.6) is 34.5 Å². The predicted molar refractivity (Wildman–Crippen MR) is 246 cm³/mol. The number of phenols is 6. The van der Waals surface area contributed by atoms with Gasteiger partial charge in [0.1, 0.15) is 34.5 Å². The Morgan fingerprint density at radius 2 is 0.667 bits per heavy atom. The SMILES string of the molecule is CC(=NCC(C)(C)N=Cc1c(O)c(C=NC(C)(C)CN=C(C)c2cc(C)ccc2O)c(O)c(C=NC(C)(C)CN=C(C)c2cc(C)ccc2O)c1O)c1cc(C)ccc1O. The van der Waals surface area contributed by atoms with Gasteiger partial charge in [-0.1, -0.05) is 34.9 Å². The van der Waals surface area contributed by atoms with Gasteiger partial charge in [-0.05, 0) is 119 Å². The topological polar surface area (TPSA) is 196 Å². The molecule has 4 rings (SSSR count). The largest absolute Gasteiger partial charge is 0.507 e. The molecule has 0 amide bonds. The highest BCUT2D eigenvalue weighted by Gasteiger charge is 2.25. The smallest absolute Gasteiger partial charge is 0.140 e. The number of aromatic hydroxyl groups is 6. The highest BCUT2D eigenvalue weighted by Crippen LogP contribution is 2.40. The van der Waals surface area contributed by atoms with Crippen LogP contribution in [-0.2, 0) is 0 Å². The molecule has 4 aromatic carbocycles. The molecule has 12 heteroatoms. The van der Waals surface area contributed by atoms with Crippen molar-refractivity contribution in [2.75, 3.05) is 19.6 Å². The van der Waals surface area contributed by atoms with E-state index in [1.807, 2.05) is 119 Å². The minimum Gasteiger partial charge on any atom is -0.507 e. The van der Waals surface area contributed by atoms with E-state index < -0.39 is 33.9 Å². The van der Waals surface area contributed by atoms with Crippen LogP contribution in [-0.4, -0.2) is 103 Å². The minimum atomic E-state index is -0.826. The molecule has 0 saturated carbocycles. The maximum atomic E-state index is 11.6. The maximum Gasteiger partial charge on any atom is 0.140 e. The van der Waals surface area contributed by atoms with Gasteiger partial charge in [0.25, 0.3) is 0 Å².